The molecule has 3 aromatic carbocycles. The van der Waals surface area contributed by atoms with E-state index in [-0.39, 0.29) is 16.9 Å². The molecule has 1 aliphatic rings. The fourth-order valence-corrected chi connectivity index (χ4v) is 4.82. The zero-order chi connectivity index (χ0) is 25.2. The highest BCUT2D eigenvalue weighted by Crippen LogP contribution is 2.38. The number of hydrogen-bond acceptors (Lipinski definition) is 5. The van der Waals surface area contributed by atoms with Crippen LogP contribution in [0.3, 0.4) is 0 Å². The fourth-order valence-electron chi connectivity index (χ4n) is 4.22. The highest BCUT2D eigenvalue weighted by atomic mass is 79.9. The molecule has 8 heteroatoms. The number of carbonyl (C=O) groups is 2. The summed E-state index contributed by atoms with van der Waals surface area (Å²) in [6.07, 6.45) is 1.74. The van der Waals surface area contributed by atoms with Crippen molar-refractivity contribution < 1.29 is 23.8 Å². The molecular weight excluding hydrogens is 524 g/mol. The average molecular weight is 547 g/mol. The van der Waals surface area contributed by atoms with E-state index >= 15 is 0 Å². The Hall–Kier alpha value is -4.04. The van der Waals surface area contributed by atoms with Crippen molar-refractivity contribution in [3.05, 3.63) is 94.1 Å². The molecule has 0 bridgehead atoms. The number of methoxy groups -OCH3 is 2. The zero-order valence-corrected chi connectivity index (χ0v) is 21.3. The van der Waals surface area contributed by atoms with Gasteiger partial charge in [-0.15, -0.1) is 0 Å². The van der Waals surface area contributed by atoms with Crippen molar-refractivity contribution in [2.45, 2.75) is 13.2 Å². The average Bonchev–Trinajstić information content (AvgIpc) is 3.41. The number of amides is 2. The number of benzene rings is 3. The predicted molar refractivity (Wildman–Crippen MR) is 140 cm³/mol. The van der Waals surface area contributed by atoms with E-state index in [1.165, 1.54) is 12.0 Å². The number of aromatic nitrogens is 1. The minimum absolute atomic E-state index is 0.0727. The minimum Gasteiger partial charge on any atom is -0.497 e. The third-order valence-electron chi connectivity index (χ3n) is 6.11. The third kappa shape index (κ3) is 4.35. The van der Waals surface area contributed by atoms with Crippen molar-refractivity contribution in [3.8, 4) is 17.2 Å². The molecular formula is C28H23BrN2O5. The molecule has 0 radical (unpaired) electrons. The van der Waals surface area contributed by atoms with E-state index in [0.717, 1.165) is 16.5 Å². The first-order valence-corrected chi connectivity index (χ1v) is 12.0. The van der Waals surface area contributed by atoms with Crippen LogP contribution in [0.15, 0.2) is 77.4 Å². The van der Waals surface area contributed by atoms with Crippen molar-refractivity contribution in [2.24, 2.45) is 0 Å². The number of nitrogens with one attached hydrogen (secondary N) is 1. The maximum absolute atomic E-state index is 13.4. The molecule has 7 nitrogen and oxygen atoms in total. The maximum atomic E-state index is 13.4. The first-order valence-electron chi connectivity index (χ1n) is 11.2. The van der Waals surface area contributed by atoms with E-state index in [2.05, 4.69) is 20.9 Å². The molecule has 5 rings (SSSR count). The second-order valence-corrected chi connectivity index (χ2v) is 9.04. The van der Waals surface area contributed by atoms with Crippen molar-refractivity contribution in [1.82, 2.24) is 9.88 Å². The molecule has 1 aliphatic heterocycles. The van der Waals surface area contributed by atoms with Gasteiger partial charge in [0, 0.05) is 40.4 Å². The van der Waals surface area contributed by atoms with E-state index in [0.29, 0.717) is 40.6 Å². The molecule has 2 heterocycles. The summed E-state index contributed by atoms with van der Waals surface area (Å²) in [5.41, 5.74) is 3.53. The Morgan fingerprint density at radius 1 is 0.889 bits per heavy atom. The fraction of sp³-hybridized carbons (Fsp3) is 0.143. The lowest BCUT2D eigenvalue weighted by atomic mass is 10.0. The van der Waals surface area contributed by atoms with Crippen molar-refractivity contribution in [2.75, 3.05) is 14.2 Å². The Balaban J connectivity index is 1.39. The number of ether oxygens (including phenoxy) is 3. The van der Waals surface area contributed by atoms with Crippen LogP contribution in [0, 0.1) is 0 Å². The van der Waals surface area contributed by atoms with Crippen LogP contribution in [0.25, 0.3) is 16.5 Å². The Morgan fingerprint density at radius 3 is 2.42 bits per heavy atom. The molecule has 0 spiro atoms. The number of H-pyrrole nitrogens is 1. The van der Waals surface area contributed by atoms with Crippen LogP contribution in [0.4, 0.5) is 0 Å². The molecule has 1 N–H and O–H groups in total. The van der Waals surface area contributed by atoms with Gasteiger partial charge in [0.25, 0.3) is 11.8 Å². The Kier molecular flexibility index (Phi) is 6.52. The molecule has 0 atom stereocenters. The predicted octanol–water partition coefficient (Wildman–Crippen LogP) is 5.44. The van der Waals surface area contributed by atoms with Gasteiger partial charge in [-0.2, -0.15) is 0 Å². The van der Waals surface area contributed by atoms with Gasteiger partial charge in [0.05, 0.1) is 30.8 Å². The van der Waals surface area contributed by atoms with Crippen LogP contribution < -0.4 is 14.2 Å². The van der Waals surface area contributed by atoms with E-state index in [4.69, 9.17) is 14.2 Å². The van der Waals surface area contributed by atoms with Crippen molar-refractivity contribution in [3.63, 3.8) is 0 Å². The molecule has 2 amide bonds. The summed E-state index contributed by atoms with van der Waals surface area (Å²) >= 11 is 3.37. The van der Waals surface area contributed by atoms with Crippen LogP contribution in [-0.2, 0) is 22.7 Å². The van der Waals surface area contributed by atoms with Crippen LogP contribution in [0.1, 0.15) is 16.7 Å². The van der Waals surface area contributed by atoms with Gasteiger partial charge in [0.1, 0.15) is 23.9 Å². The molecule has 182 valence electrons. The molecule has 1 aromatic heterocycles. The maximum Gasteiger partial charge on any atom is 0.268 e. The van der Waals surface area contributed by atoms with Crippen LogP contribution in [0.5, 0.6) is 17.2 Å². The Morgan fingerprint density at radius 2 is 1.67 bits per heavy atom. The van der Waals surface area contributed by atoms with Crippen LogP contribution >= 0.6 is 15.9 Å². The van der Waals surface area contributed by atoms with Crippen LogP contribution in [-0.4, -0.2) is 35.9 Å². The quantitative estimate of drug-likeness (QED) is 0.297. The van der Waals surface area contributed by atoms with Crippen molar-refractivity contribution >= 4 is 44.2 Å². The second-order valence-electron chi connectivity index (χ2n) is 8.25. The number of rotatable bonds is 8. The van der Waals surface area contributed by atoms with Gasteiger partial charge in [-0.05, 0) is 45.8 Å². The van der Waals surface area contributed by atoms with Gasteiger partial charge in [-0.25, -0.2) is 0 Å². The molecule has 0 fully saturated rings. The van der Waals surface area contributed by atoms with Crippen LogP contribution in [0.2, 0.25) is 0 Å². The van der Waals surface area contributed by atoms with Gasteiger partial charge in [-0.3, -0.25) is 14.5 Å². The number of hydrogen-bond donors (Lipinski definition) is 1. The summed E-state index contributed by atoms with van der Waals surface area (Å²) in [7, 11) is 3.10. The Bertz CT molecular complexity index is 1490. The first-order chi connectivity index (χ1) is 17.5. The SMILES string of the molecule is COc1ccc(CN2C(=O)C(Br)=C(c3c[nH]c4cc(OCc5ccccc5)ccc34)C2=O)c(OC)c1. The summed E-state index contributed by atoms with van der Waals surface area (Å²) in [4.78, 5) is 30.9. The molecule has 36 heavy (non-hydrogen) atoms. The van der Waals surface area contributed by atoms with E-state index in [1.807, 2.05) is 48.5 Å². The smallest absolute Gasteiger partial charge is 0.268 e. The van der Waals surface area contributed by atoms with E-state index < -0.39 is 5.91 Å². The molecule has 0 aliphatic carbocycles. The van der Waals surface area contributed by atoms with E-state index in [1.54, 1.807) is 31.5 Å². The lowest BCUT2D eigenvalue weighted by Crippen LogP contribution is -2.30. The number of halogens is 1. The highest BCUT2D eigenvalue weighted by molar-refractivity contribution is 9.12. The largest absolute Gasteiger partial charge is 0.497 e. The summed E-state index contributed by atoms with van der Waals surface area (Å²) < 4.78 is 16.8. The molecule has 0 saturated heterocycles. The number of carbonyl (C=O) groups excluding carboxylic acids is 2. The third-order valence-corrected chi connectivity index (χ3v) is 6.84. The summed E-state index contributed by atoms with van der Waals surface area (Å²) in [5, 5.41) is 0.819. The lowest BCUT2D eigenvalue weighted by Gasteiger charge is -2.17. The molecule has 0 unspecified atom stereocenters. The summed E-state index contributed by atoms with van der Waals surface area (Å²) in [6, 6.07) is 20.8. The monoisotopic (exact) mass is 546 g/mol. The molecule has 0 saturated carbocycles. The topological polar surface area (TPSA) is 80.9 Å². The Labute approximate surface area is 216 Å². The normalized spacial score (nSPS) is 13.6. The second kappa shape index (κ2) is 9.91. The first kappa shape index (κ1) is 23.7. The number of fused-ring (bicyclic) bond motifs is 1. The van der Waals surface area contributed by atoms with Gasteiger partial charge in [0.15, 0.2) is 0 Å². The van der Waals surface area contributed by atoms with Gasteiger partial charge in [-0.1, -0.05) is 30.3 Å². The van der Waals surface area contributed by atoms with Gasteiger partial charge in [0.2, 0.25) is 0 Å². The van der Waals surface area contributed by atoms with Gasteiger partial charge >= 0.3 is 0 Å². The standard InChI is InChI=1S/C28H23BrN2O5/c1-34-19-9-8-18(24(13-19)35-2)15-31-27(32)25(26(29)28(31)33)22-14-30-23-12-20(10-11-21(22)23)36-16-17-6-4-3-5-7-17/h3-14,30H,15-16H2,1-2H3. The summed E-state index contributed by atoms with van der Waals surface area (Å²) in [5.74, 6) is 1.09. The van der Waals surface area contributed by atoms with Crippen molar-refractivity contribution in [1.29, 1.82) is 0 Å². The molecule has 4 aromatic rings. The van der Waals surface area contributed by atoms with E-state index in [9.17, 15) is 9.59 Å². The minimum atomic E-state index is -0.398. The lowest BCUT2D eigenvalue weighted by molar-refractivity contribution is -0.137. The number of imide groups is 1. The highest BCUT2D eigenvalue weighted by Gasteiger charge is 2.39. The number of aromatic amines is 1. The van der Waals surface area contributed by atoms with Gasteiger partial charge < -0.3 is 19.2 Å². The number of nitrogens with zero attached hydrogens (tertiary/aromatic N) is 1. The zero-order valence-electron chi connectivity index (χ0n) is 19.7. The summed E-state index contributed by atoms with van der Waals surface area (Å²) in [6.45, 7) is 0.524.